The molecule has 2 rings (SSSR count). The van der Waals surface area contributed by atoms with Gasteiger partial charge in [-0.15, -0.1) is 0 Å². The van der Waals surface area contributed by atoms with E-state index in [1.165, 1.54) is 6.08 Å². The van der Waals surface area contributed by atoms with Crippen molar-refractivity contribution in [3.05, 3.63) is 59.1 Å². The zero-order valence-electron chi connectivity index (χ0n) is 18.9. The Bertz CT molecular complexity index is 966. The van der Waals surface area contributed by atoms with Gasteiger partial charge in [0.2, 0.25) is 0 Å². The monoisotopic (exact) mass is 438 g/mol. The number of carbonyl (C=O) groups is 1. The van der Waals surface area contributed by atoms with Crippen molar-refractivity contribution in [1.82, 2.24) is 0 Å². The number of carbonyl (C=O) groups excluding carboxylic acids is 1. The number of nitriles is 1. The molecule has 2 N–H and O–H groups in total. The molecular formula is C25H31ClN4O. The number of anilines is 3. The normalized spacial score (nSPS) is 11.4. The molecule has 0 heterocycles. The van der Waals surface area contributed by atoms with Crippen LogP contribution < -0.4 is 15.5 Å². The predicted molar refractivity (Wildman–Crippen MR) is 132 cm³/mol. The molecule has 0 bridgehead atoms. The SMILES string of the molecule is C/C(=C\C#N)c1ccc(N(CC(C)C)CC(C)C)c(NC(=O)Nc2cccc(Cl)c2)c1. The minimum absolute atomic E-state index is 0.350. The van der Waals surface area contributed by atoms with E-state index in [9.17, 15) is 4.79 Å². The summed E-state index contributed by atoms with van der Waals surface area (Å²) < 4.78 is 0. The highest BCUT2D eigenvalue weighted by atomic mass is 35.5. The molecule has 0 unspecified atom stereocenters. The van der Waals surface area contributed by atoms with Crippen molar-refractivity contribution >= 4 is 40.3 Å². The van der Waals surface area contributed by atoms with Gasteiger partial charge in [0.25, 0.3) is 0 Å². The molecule has 2 aromatic carbocycles. The van der Waals surface area contributed by atoms with Crippen molar-refractivity contribution < 1.29 is 4.79 Å². The molecule has 31 heavy (non-hydrogen) atoms. The first-order valence-corrected chi connectivity index (χ1v) is 10.9. The fourth-order valence-electron chi connectivity index (χ4n) is 3.34. The van der Waals surface area contributed by atoms with Crippen LogP contribution >= 0.6 is 11.6 Å². The maximum atomic E-state index is 12.8. The molecule has 0 atom stereocenters. The minimum atomic E-state index is -0.350. The van der Waals surface area contributed by atoms with E-state index < -0.39 is 0 Å². The van der Waals surface area contributed by atoms with Crippen molar-refractivity contribution in [3.8, 4) is 6.07 Å². The van der Waals surface area contributed by atoms with E-state index in [-0.39, 0.29) is 6.03 Å². The molecule has 0 saturated carbocycles. The topological polar surface area (TPSA) is 68.2 Å². The second-order valence-corrected chi connectivity index (χ2v) is 8.91. The summed E-state index contributed by atoms with van der Waals surface area (Å²) in [7, 11) is 0. The Kier molecular flexibility index (Phi) is 8.96. The summed E-state index contributed by atoms with van der Waals surface area (Å²) in [5.74, 6) is 0.929. The average Bonchev–Trinajstić information content (AvgIpc) is 2.66. The summed E-state index contributed by atoms with van der Waals surface area (Å²) in [4.78, 5) is 15.1. The standard InChI is InChI=1S/C25H31ClN4O/c1-17(2)15-30(16-18(3)4)24-10-9-20(19(5)11-12-27)13-23(24)29-25(31)28-22-8-6-7-21(26)14-22/h6-11,13-14,17-18H,15-16H2,1-5H3,(H2,28,29,31)/b19-11+. The highest BCUT2D eigenvalue weighted by Crippen LogP contribution is 2.31. The van der Waals surface area contributed by atoms with E-state index in [4.69, 9.17) is 16.9 Å². The van der Waals surface area contributed by atoms with Gasteiger partial charge in [0.1, 0.15) is 0 Å². The average molecular weight is 439 g/mol. The molecular weight excluding hydrogens is 408 g/mol. The molecule has 164 valence electrons. The number of amides is 2. The van der Waals surface area contributed by atoms with Gasteiger partial charge in [-0.1, -0.05) is 51.4 Å². The third-order valence-electron chi connectivity index (χ3n) is 4.58. The van der Waals surface area contributed by atoms with Crippen LogP contribution in [-0.4, -0.2) is 19.1 Å². The number of benzene rings is 2. The molecule has 0 saturated heterocycles. The van der Waals surface area contributed by atoms with Crippen LogP contribution in [0.4, 0.5) is 21.9 Å². The molecule has 5 nitrogen and oxygen atoms in total. The molecule has 0 fully saturated rings. The van der Waals surface area contributed by atoms with E-state index in [1.807, 2.05) is 25.1 Å². The van der Waals surface area contributed by atoms with Crippen LogP contribution in [0.3, 0.4) is 0 Å². The number of urea groups is 1. The Hall–Kier alpha value is -2.97. The number of hydrogen-bond donors (Lipinski definition) is 2. The van der Waals surface area contributed by atoms with E-state index in [2.05, 4.69) is 49.3 Å². The van der Waals surface area contributed by atoms with Crippen LogP contribution in [0.2, 0.25) is 5.02 Å². The molecule has 0 aliphatic rings. The Labute approximate surface area is 190 Å². The van der Waals surface area contributed by atoms with Crippen LogP contribution in [0.15, 0.2) is 48.5 Å². The van der Waals surface area contributed by atoms with Gasteiger partial charge in [0.15, 0.2) is 0 Å². The highest BCUT2D eigenvalue weighted by molar-refractivity contribution is 6.30. The fourth-order valence-corrected chi connectivity index (χ4v) is 3.53. The Morgan fingerprint density at radius 1 is 1.10 bits per heavy atom. The van der Waals surface area contributed by atoms with Gasteiger partial charge >= 0.3 is 6.03 Å². The predicted octanol–water partition coefficient (Wildman–Crippen LogP) is 7.03. The summed E-state index contributed by atoms with van der Waals surface area (Å²) in [6.45, 7) is 12.3. The summed E-state index contributed by atoms with van der Waals surface area (Å²) in [5, 5.41) is 15.4. The van der Waals surface area contributed by atoms with Crippen molar-refractivity contribution in [2.24, 2.45) is 11.8 Å². The number of allylic oxidation sites excluding steroid dienone is 2. The molecule has 0 aliphatic carbocycles. The quantitative estimate of drug-likeness (QED) is 0.434. The highest BCUT2D eigenvalue weighted by Gasteiger charge is 2.17. The van der Waals surface area contributed by atoms with Crippen molar-refractivity contribution in [2.75, 3.05) is 28.6 Å². The van der Waals surface area contributed by atoms with Gasteiger partial charge in [-0.05, 0) is 60.2 Å². The van der Waals surface area contributed by atoms with Gasteiger partial charge in [-0.2, -0.15) is 5.26 Å². The van der Waals surface area contributed by atoms with E-state index >= 15 is 0 Å². The second-order valence-electron chi connectivity index (χ2n) is 8.47. The van der Waals surface area contributed by atoms with Gasteiger partial charge in [-0.25, -0.2) is 4.79 Å². The zero-order valence-corrected chi connectivity index (χ0v) is 19.6. The first-order chi connectivity index (χ1) is 14.7. The summed E-state index contributed by atoms with van der Waals surface area (Å²) >= 11 is 6.03. The first-order valence-electron chi connectivity index (χ1n) is 10.5. The van der Waals surface area contributed by atoms with Gasteiger partial charge in [-0.3, -0.25) is 0 Å². The lowest BCUT2D eigenvalue weighted by Gasteiger charge is -2.30. The fraction of sp³-hybridized carbons (Fsp3) is 0.360. The number of rotatable bonds is 8. The molecule has 0 radical (unpaired) electrons. The van der Waals surface area contributed by atoms with Crippen LogP contribution in [-0.2, 0) is 0 Å². The number of nitrogens with one attached hydrogen (secondary N) is 2. The lowest BCUT2D eigenvalue weighted by Crippen LogP contribution is -2.32. The van der Waals surface area contributed by atoms with Crippen LogP contribution in [0.5, 0.6) is 0 Å². The third-order valence-corrected chi connectivity index (χ3v) is 4.81. The number of halogens is 1. The maximum absolute atomic E-state index is 12.8. The lowest BCUT2D eigenvalue weighted by molar-refractivity contribution is 0.262. The van der Waals surface area contributed by atoms with Crippen molar-refractivity contribution in [1.29, 1.82) is 5.26 Å². The minimum Gasteiger partial charge on any atom is -0.369 e. The van der Waals surface area contributed by atoms with E-state index in [1.54, 1.807) is 24.3 Å². The van der Waals surface area contributed by atoms with Gasteiger partial charge < -0.3 is 15.5 Å². The number of hydrogen-bond acceptors (Lipinski definition) is 3. The Morgan fingerprint density at radius 3 is 2.35 bits per heavy atom. The van der Waals surface area contributed by atoms with Gasteiger partial charge in [0.05, 0.1) is 17.4 Å². The largest absolute Gasteiger partial charge is 0.369 e. The molecule has 0 aromatic heterocycles. The Morgan fingerprint density at radius 2 is 1.77 bits per heavy atom. The third kappa shape index (κ3) is 7.66. The maximum Gasteiger partial charge on any atom is 0.323 e. The van der Waals surface area contributed by atoms with E-state index in [0.717, 1.165) is 29.9 Å². The number of nitrogens with zero attached hydrogens (tertiary/aromatic N) is 2. The molecule has 0 aliphatic heterocycles. The Balaban J connectivity index is 2.41. The first kappa shape index (κ1) is 24.3. The summed E-state index contributed by atoms with van der Waals surface area (Å²) in [6.07, 6.45) is 1.50. The molecule has 2 aromatic rings. The van der Waals surface area contributed by atoms with Crippen LogP contribution in [0.1, 0.15) is 40.2 Å². The summed E-state index contributed by atoms with van der Waals surface area (Å²) in [6, 6.07) is 14.7. The summed E-state index contributed by atoms with van der Waals surface area (Å²) in [5.41, 5.74) is 4.00. The molecule has 0 spiro atoms. The molecule has 2 amide bonds. The van der Waals surface area contributed by atoms with Crippen LogP contribution in [0.25, 0.3) is 5.57 Å². The van der Waals surface area contributed by atoms with Crippen molar-refractivity contribution in [2.45, 2.75) is 34.6 Å². The van der Waals surface area contributed by atoms with E-state index in [0.29, 0.717) is 28.2 Å². The lowest BCUT2D eigenvalue weighted by atomic mass is 10.0. The molecule has 6 heteroatoms. The van der Waals surface area contributed by atoms with Crippen molar-refractivity contribution in [3.63, 3.8) is 0 Å². The second kappa shape index (κ2) is 11.4. The van der Waals surface area contributed by atoms with Gasteiger partial charge in [0, 0.05) is 29.9 Å². The zero-order chi connectivity index (χ0) is 23.0. The smallest absolute Gasteiger partial charge is 0.323 e. The van der Waals surface area contributed by atoms with Crippen LogP contribution in [0, 0.1) is 23.2 Å².